The lowest BCUT2D eigenvalue weighted by Crippen LogP contribution is -2.34. The second-order valence-corrected chi connectivity index (χ2v) is 4.89. The predicted molar refractivity (Wildman–Crippen MR) is 71.1 cm³/mol. The highest BCUT2D eigenvalue weighted by Crippen LogP contribution is 2.32. The number of imide groups is 1. The van der Waals surface area contributed by atoms with Crippen LogP contribution in [0.2, 0.25) is 0 Å². The van der Waals surface area contributed by atoms with Crippen molar-refractivity contribution in [1.82, 2.24) is 4.90 Å². The van der Waals surface area contributed by atoms with Gasteiger partial charge in [0.25, 0.3) is 11.1 Å². The van der Waals surface area contributed by atoms with Crippen molar-refractivity contribution in [2.24, 2.45) is 0 Å². The van der Waals surface area contributed by atoms with Gasteiger partial charge >= 0.3 is 5.97 Å². The van der Waals surface area contributed by atoms with Gasteiger partial charge in [0.2, 0.25) is 0 Å². The standard InChI is InChI=1S/C13H10FNO4S/c1-19-11(16)7-15-12(17)10(20-13(15)18)6-8-3-2-4-9(14)5-8/h2-6H,7H2,1H3/b10-6+. The molecule has 1 aromatic rings. The molecule has 0 unspecified atom stereocenters. The van der Waals surface area contributed by atoms with E-state index in [1.807, 2.05) is 0 Å². The van der Waals surface area contributed by atoms with Gasteiger partial charge in [-0.1, -0.05) is 12.1 Å². The first kappa shape index (κ1) is 14.3. The van der Waals surface area contributed by atoms with Gasteiger partial charge in [-0.2, -0.15) is 0 Å². The molecule has 0 aliphatic carbocycles. The molecule has 0 N–H and O–H groups in total. The molecule has 1 aromatic carbocycles. The first-order valence-corrected chi connectivity index (χ1v) is 6.40. The number of esters is 1. The molecule has 20 heavy (non-hydrogen) atoms. The Labute approximate surface area is 118 Å². The third kappa shape index (κ3) is 3.05. The fraction of sp³-hybridized carbons (Fsp3) is 0.154. The minimum atomic E-state index is -0.681. The molecule has 2 rings (SSSR count). The van der Waals surface area contributed by atoms with E-state index in [2.05, 4.69) is 4.74 Å². The average Bonchev–Trinajstić information content (AvgIpc) is 2.66. The van der Waals surface area contributed by atoms with E-state index in [0.717, 1.165) is 4.90 Å². The number of nitrogens with zero attached hydrogens (tertiary/aromatic N) is 1. The largest absolute Gasteiger partial charge is 0.468 e. The Balaban J connectivity index is 2.21. The fourth-order valence-corrected chi connectivity index (χ4v) is 2.42. The van der Waals surface area contributed by atoms with Crippen LogP contribution in [0.15, 0.2) is 29.2 Å². The summed E-state index contributed by atoms with van der Waals surface area (Å²) in [6.45, 7) is -0.429. The first-order chi connectivity index (χ1) is 9.51. The van der Waals surface area contributed by atoms with Gasteiger partial charge in [0.1, 0.15) is 12.4 Å². The van der Waals surface area contributed by atoms with Crippen molar-refractivity contribution in [2.75, 3.05) is 13.7 Å². The SMILES string of the molecule is COC(=O)CN1C(=O)S/C(=C/c2cccc(F)c2)C1=O. The number of hydrogen-bond acceptors (Lipinski definition) is 5. The van der Waals surface area contributed by atoms with Crippen LogP contribution >= 0.6 is 11.8 Å². The quantitative estimate of drug-likeness (QED) is 0.630. The molecule has 5 nitrogen and oxygen atoms in total. The minimum Gasteiger partial charge on any atom is -0.468 e. The van der Waals surface area contributed by atoms with Crippen molar-refractivity contribution >= 4 is 35.0 Å². The summed E-state index contributed by atoms with van der Waals surface area (Å²) < 4.78 is 17.5. The zero-order chi connectivity index (χ0) is 14.7. The number of halogens is 1. The summed E-state index contributed by atoms with van der Waals surface area (Å²) in [5, 5.41) is -0.553. The molecule has 0 saturated carbocycles. The molecule has 0 spiro atoms. The summed E-state index contributed by atoms with van der Waals surface area (Å²) >= 11 is 0.703. The predicted octanol–water partition coefficient (Wildman–Crippen LogP) is 2.03. The van der Waals surface area contributed by atoms with Crippen molar-refractivity contribution in [1.29, 1.82) is 0 Å². The van der Waals surface area contributed by atoms with E-state index in [0.29, 0.717) is 17.3 Å². The third-order valence-corrected chi connectivity index (χ3v) is 3.44. The Morgan fingerprint density at radius 2 is 2.20 bits per heavy atom. The zero-order valence-corrected chi connectivity index (χ0v) is 11.3. The maximum Gasteiger partial charge on any atom is 0.325 e. The Morgan fingerprint density at radius 1 is 1.45 bits per heavy atom. The highest BCUT2D eigenvalue weighted by molar-refractivity contribution is 8.18. The van der Waals surface area contributed by atoms with Crippen LogP contribution in [0.25, 0.3) is 6.08 Å². The highest BCUT2D eigenvalue weighted by atomic mass is 32.2. The van der Waals surface area contributed by atoms with Crippen LogP contribution in [0.1, 0.15) is 5.56 Å². The number of thioether (sulfide) groups is 1. The van der Waals surface area contributed by atoms with Gasteiger partial charge in [0, 0.05) is 0 Å². The van der Waals surface area contributed by atoms with Crippen molar-refractivity contribution in [2.45, 2.75) is 0 Å². The van der Waals surface area contributed by atoms with Crippen molar-refractivity contribution < 1.29 is 23.5 Å². The van der Waals surface area contributed by atoms with Gasteiger partial charge in [0.05, 0.1) is 12.0 Å². The molecule has 0 radical (unpaired) electrons. The number of hydrogen-bond donors (Lipinski definition) is 0. The van der Waals surface area contributed by atoms with Crippen molar-refractivity contribution in [3.63, 3.8) is 0 Å². The number of ether oxygens (including phenoxy) is 1. The van der Waals surface area contributed by atoms with Gasteiger partial charge in [-0.25, -0.2) is 4.39 Å². The smallest absolute Gasteiger partial charge is 0.325 e. The van der Waals surface area contributed by atoms with E-state index in [1.165, 1.54) is 31.4 Å². The lowest BCUT2D eigenvalue weighted by molar-refractivity contribution is -0.143. The summed E-state index contributed by atoms with van der Waals surface area (Å²) in [6.07, 6.45) is 1.41. The normalized spacial score (nSPS) is 16.9. The summed E-state index contributed by atoms with van der Waals surface area (Å²) in [5.41, 5.74) is 0.466. The maximum absolute atomic E-state index is 13.0. The number of benzene rings is 1. The van der Waals surface area contributed by atoms with Crippen LogP contribution < -0.4 is 0 Å². The minimum absolute atomic E-state index is 0.143. The van der Waals surface area contributed by atoms with Crippen LogP contribution in [0.5, 0.6) is 0 Å². The van der Waals surface area contributed by atoms with Crippen LogP contribution in [0.4, 0.5) is 9.18 Å². The van der Waals surface area contributed by atoms with Crippen LogP contribution in [-0.2, 0) is 14.3 Å². The number of methoxy groups -OCH3 is 1. The number of carbonyl (C=O) groups excluding carboxylic acids is 3. The topological polar surface area (TPSA) is 63.7 Å². The van der Waals surface area contributed by atoms with E-state index < -0.39 is 29.5 Å². The monoisotopic (exact) mass is 295 g/mol. The molecule has 1 heterocycles. The van der Waals surface area contributed by atoms with Gasteiger partial charge in [0.15, 0.2) is 0 Å². The molecule has 0 bridgehead atoms. The van der Waals surface area contributed by atoms with Gasteiger partial charge in [-0.05, 0) is 35.5 Å². The second-order valence-electron chi connectivity index (χ2n) is 3.90. The van der Waals surface area contributed by atoms with E-state index in [4.69, 9.17) is 0 Å². The van der Waals surface area contributed by atoms with E-state index in [-0.39, 0.29) is 4.91 Å². The van der Waals surface area contributed by atoms with Crippen LogP contribution in [-0.4, -0.2) is 35.7 Å². The van der Waals surface area contributed by atoms with Gasteiger partial charge in [-0.15, -0.1) is 0 Å². The number of rotatable bonds is 3. The van der Waals surface area contributed by atoms with Crippen molar-refractivity contribution in [3.05, 3.63) is 40.6 Å². The summed E-state index contributed by atoms with van der Waals surface area (Å²) in [4.78, 5) is 35.7. The molecule has 2 amide bonds. The Bertz CT molecular complexity index is 614. The fourth-order valence-electron chi connectivity index (χ4n) is 1.58. The van der Waals surface area contributed by atoms with Crippen LogP contribution in [0, 0.1) is 5.82 Å². The maximum atomic E-state index is 13.0. The highest BCUT2D eigenvalue weighted by Gasteiger charge is 2.36. The Kier molecular flexibility index (Phi) is 4.19. The number of amides is 2. The zero-order valence-electron chi connectivity index (χ0n) is 10.5. The van der Waals surface area contributed by atoms with Gasteiger partial charge < -0.3 is 4.74 Å². The lowest BCUT2D eigenvalue weighted by Gasteiger charge is -2.09. The van der Waals surface area contributed by atoms with E-state index in [9.17, 15) is 18.8 Å². The van der Waals surface area contributed by atoms with E-state index in [1.54, 1.807) is 6.07 Å². The Morgan fingerprint density at radius 3 is 2.85 bits per heavy atom. The Hall–Kier alpha value is -2.15. The molecular weight excluding hydrogens is 285 g/mol. The molecule has 1 saturated heterocycles. The van der Waals surface area contributed by atoms with Gasteiger partial charge in [-0.3, -0.25) is 19.3 Å². The molecule has 1 aliphatic rings. The average molecular weight is 295 g/mol. The molecule has 1 aliphatic heterocycles. The molecule has 7 heteroatoms. The summed E-state index contributed by atoms with van der Waals surface area (Å²) in [7, 11) is 1.17. The second kappa shape index (κ2) is 5.87. The van der Waals surface area contributed by atoms with Crippen molar-refractivity contribution in [3.8, 4) is 0 Å². The molecular formula is C13H10FNO4S. The molecule has 1 fully saturated rings. The van der Waals surface area contributed by atoms with E-state index >= 15 is 0 Å². The first-order valence-electron chi connectivity index (χ1n) is 5.59. The summed E-state index contributed by atoms with van der Waals surface area (Å²) in [6, 6.07) is 5.63. The lowest BCUT2D eigenvalue weighted by atomic mass is 10.2. The molecule has 0 atom stereocenters. The van der Waals surface area contributed by atoms with Crippen LogP contribution in [0.3, 0.4) is 0 Å². The molecule has 0 aromatic heterocycles. The summed E-state index contributed by atoms with van der Waals surface area (Å²) in [5.74, 6) is -1.71. The molecule has 104 valence electrons. The number of carbonyl (C=O) groups is 3. The third-order valence-electron chi connectivity index (χ3n) is 2.53.